The summed E-state index contributed by atoms with van der Waals surface area (Å²) < 4.78 is 11.8. The average molecular weight is 459 g/mol. The van der Waals surface area contributed by atoms with Gasteiger partial charge in [-0.1, -0.05) is 30.3 Å². The van der Waals surface area contributed by atoms with Crippen LogP contribution in [0.5, 0.6) is 0 Å². The molecule has 2 heterocycles. The number of carbonyl (C=O) groups excluding carboxylic acids is 3. The summed E-state index contributed by atoms with van der Waals surface area (Å²) in [6.07, 6.45) is 1.28. The molecule has 4 rings (SSSR count). The van der Waals surface area contributed by atoms with E-state index in [-0.39, 0.29) is 30.3 Å². The Morgan fingerprint density at radius 3 is 2.48 bits per heavy atom. The Bertz CT molecular complexity index is 856. The van der Waals surface area contributed by atoms with E-state index in [0.717, 1.165) is 12.0 Å². The van der Waals surface area contributed by atoms with Crippen molar-refractivity contribution in [2.75, 3.05) is 26.3 Å². The molecule has 1 unspecified atom stereocenters. The molecule has 8 nitrogen and oxygen atoms in total. The van der Waals surface area contributed by atoms with Crippen LogP contribution >= 0.6 is 0 Å². The number of amides is 1. The number of ketones is 2. The van der Waals surface area contributed by atoms with Crippen molar-refractivity contribution in [3.8, 4) is 0 Å². The Balaban J connectivity index is 1.60. The first-order chi connectivity index (χ1) is 16.0. The summed E-state index contributed by atoms with van der Waals surface area (Å²) >= 11 is 0. The Morgan fingerprint density at radius 1 is 1.06 bits per heavy atom. The van der Waals surface area contributed by atoms with Crippen molar-refractivity contribution in [2.24, 2.45) is 5.92 Å². The van der Waals surface area contributed by atoms with Crippen LogP contribution in [0.4, 0.5) is 0 Å². The molecule has 0 aromatic heterocycles. The zero-order valence-corrected chi connectivity index (χ0v) is 19.5. The Labute approximate surface area is 195 Å². The number of fused-ring (bicyclic) bond motifs is 1. The maximum absolute atomic E-state index is 13.9. The molecule has 3 aliphatic rings. The zero-order chi connectivity index (χ0) is 23.4. The van der Waals surface area contributed by atoms with Crippen molar-refractivity contribution >= 4 is 17.5 Å². The molecule has 0 N–H and O–H groups in total. The third-order valence-corrected chi connectivity index (χ3v) is 7.04. The van der Waals surface area contributed by atoms with Crippen molar-refractivity contribution in [2.45, 2.75) is 70.4 Å². The predicted octanol–water partition coefficient (Wildman–Crippen LogP) is 2.50. The van der Waals surface area contributed by atoms with Crippen molar-refractivity contribution in [3.63, 3.8) is 0 Å². The van der Waals surface area contributed by atoms with Gasteiger partial charge in [0.2, 0.25) is 5.91 Å². The van der Waals surface area contributed by atoms with Crippen molar-refractivity contribution in [1.82, 2.24) is 9.96 Å². The highest BCUT2D eigenvalue weighted by atomic mass is 16.7. The Hall–Kier alpha value is -2.13. The normalized spacial score (nSPS) is 28.0. The van der Waals surface area contributed by atoms with Crippen LogP contribution in [0.3, 0.4) is 0 Å². The third-order valence-electron chi connectivity index (χ3n) is 7.04. The van der Waals surface area contributed by atoms with Crippen molar-refractivity contribution < 1.29 is 28.7 Å². The van der Waals surface area contributed by atoms with Gasteiger partial charge in [-0.25, -0.2) is 0 Å². The number of rotatable bonds is 9. The van der Waals surface area contributed by atoms with Crippen LogP contribution in [0, 0.1) is 5.92 Å². The van der Waals surface area contributed by atoms with Crippen LogP contribution in [0.2, 0.25) is 0 Å². The molecule has 0 spiro atoms. The molecule has 33 heavy (non-hydrogen) atoms. The fourth-order valence-corrected chi connectivity index (χ4v) is 5.59. The molecule has 0 radical (unpaired) electrons. The Morgan fingerprint density at radius 2 is 1.79 bits per heavy atom. The van der Waals surface area contributed by atoms with Crippen LogP contribution < -0.4 is 0 Å². The fourth-order valence-electron chi connectivity index (χ4n) is 5.59. The number of nitrogens with zero attached hydrogens (tertiary/aromatic N) is 2. The Kier molecular flexibility index (Phi) is 7.58. The highest BCUT2D eigenvalue weighted by Crippen LogP contribution is 2.46. The molecule has 180 valence electrons. The lowest BCUT2D eigenvalue weighted by molar-refractivity contribution is -0.223. The minimum Gasteiger partial charge on any atom is -0.350 e. The maximum atomic E-state index is 13.9. The molecule has 2 aliphatic heterocycles. The number of hydrogen-bond donors (Lipinski definition) is 0. The molecule has 1 aromatic rings. The monoisotopic (exact) mass is 458 g/mol. The highest BCUT2D eigenvalue weighted by molar-refractivity contribution is 6.05. The van der Waals surface area contributed by atoms with Gasteiger partial charge in [-0.3, -0.25) is 19.2 Å². The van der Waals surface area contributed by atoms with E-state index in [1.807, 2.05) is 44.2 Å². The first kappa shape index (κ1) is 24.0. The minimum atomic E-state index is -1.40. The average Bonchev–Trinajstić information content (AvgIpc) is 3.46. The van der Waals surface area contributed by atoms with E-state index in [2.05, 4.69) is 0 Å². The van der Waals surface area contributed by atoms with E-state index in [0.29, 0.717) is 45.8 Å². The summed E-state index contributed by atoms with van der Waals surface area (Å²) in [6.45, 7) is 5.63. The zero-order valence-electron chi connectivity index (χ0n) is 19.5. The lowest BCUT2D eigenvalue weighted by atomic mass is 9.70. The first-order valence-corrected chi connectivity index (χ1v) is 12.1. The third kappa shape index (κ3) is 4.37. The van der Waals surface area contributed by atoms with Crippen LogP contribution in [0.25, 0.3) is 0 Å². The maximum Gasteiger partial charge on any atom is 0.243 e. The topological polar surface area (TPSA) is 85.4 Å². The summed E-state index contributed by atoms with van der Waals surface area (Å²) in [5.41, 5.74) is -0.374. The highest BCUT2D eigenvalue weighted by Gasteiger charge is 2.66. The second-order valence-electron chi connectivity index (χ2n) is 8.85. The van der Waals surface area contributed by atoms with E-state index in [1.165, 1.54) is 0 Å². The number of likely N-dealkylation sites (tertiary alicyclic amines) is 1. The largest absolute Gasteiger partial charge is 0.350 e. The molecule has 1 saturated carbocycles. The van der Waals surface area contributed by atoms with E-state index >= 15 is 0 Å². The summed E-state index contributed by atoms with van der Waals surface area (Å²) in [6, 6.07) is 9.31. The molecule has 3 atom stereocenters. The number of benzene rings is 1. The van der Waals surface area contributed by atoms with Gasteiger partial charge in [-0.15, -0.1) is 0 Å². The van der Waals surface area contributed by atoms with Gasteiger partial charge in [-0.2, -0.15) is 5.06 Å². The smallest absolute Gasteiger partial charge is 0.243 e. The fraction of sp³-hybridized carbons (Fsp3) is 0.640. The van der Waals surface area contributed by atoms with Crippen molar-refractivity contribution in [3.05, 3.63) is 35.9 Å². The lowest BCUT2D eigenvalue weighted by Crippen LogP contribution is -2.69. The molecule has 2 saturated heterocycles. The summed E-state index contributed by atoms with van der Waals surface area (Å²) in [7, 11) is 0. The van der Waals surface area contributed by atoms with Gasteiger partial charge in [0.05, 0.1) is 12.5 Å². The van der Waals surface area contributed by atoms with Crippen LogP contribution in [-0.4, -0.2) is 71.6 Å². The van der Waals surface area contributed by atoms with Crippen LogP contribution in [0.15, 0.2) is 30.3 Å². The number of Topliss-reactive ketones (excluding diaryl/α,β-unsaturated/α-hetero) is 2. The lowest BCUT2D eigenvalue weighted by Gasteiger charge is -2.47. The van der Waals surface area contributed by atoms with Crippen molar-refractivity contribution in [1.29, 1.82) is 0 Å². The predicted molar refractivity (Wildman–Crippen MR) is 120 cm³/mol. The van der Waals surface area contributed by atoms with E-state index in [4.69, 9.17) is 14.3 Å². The summed E-state index contributed by atoms with van der Waals surface area (Å²) in [5, 5.41) is 1.74. The molecule has 1 amide bonds. The summed E-state index contributed by atoms with van der Waals surface area (Å²) in [5.74, 6) is -0.904. The number of hydrogen-bond acceptors (Lipinski definition) is 7. The quantitative estimate of drug-likeness (QED) is 0.526. The second kappa shape index (κ2) is 10.4. The molecule has 8 heteroatoms. The minimum absolute atomic E-state index is 0.0120. The SMILES string of the molecule is CCOC(OCC)[C@]12C(=O)CCC(=O)C1CCN2C(=O)[C@@H]1CCCN1OCc1ccccc1. The van der Waals surface area contributed by atoms with Gasteiger partial charge in [0.1, 0.15) is 11.8 Å². The molecular weight excluding hydrogens is 424 g/mol. The van der Waals surface area contributed by atoms with E-state index in [1.54, 1.807) is 9.96 Å². The number of ether oxygens (including phenoxy) is 2. The molecule has 3 fully saturated rings. The van der Waals surface area contributed by atoms with Gasteiger partial charge < -0.3 is 14.4 Å². The molecular formula is C25H34N2O6. The van der Waals surface area contributed by atoms with Gasteiger partial charge in [0.25, 0.3) is 0 Å². The standard InChI is InChI=1S/C25H34N2O6/c1-3-31-24(32-4-2)25-19(21(28)12-13-22(25)29)14-16-26(25)23(30)20-11-8-15-27(20)33-17-18-9-6-5-7-10-18/h5-7,9-10,19-20,24H,3-4,8,11-17H2,1-2H3/t19?,20-,25+/m0/s1. The second-order valence-corrected chi connectivity index (χ2v) is 8.85. The molecule has 0 bridgehead atoms. The van der Waals surface area contributed by atoms with Crippen LogP contribution in [-0.2, 0) is 35.3 Å². The van der Waals surface area contributed by atoms with E-state index in [9.17, 15) is 14.4 Å². The molecule has 1 aliphatic carbocycles. The molecule has 1 aromatic carbocycles. The summed E-state index contributed by atoms with van der Waals surface area (Å²) in [4.78, 5) is 48.0. The van der Waals surface area contributed by atoms with Gasteiger partial charge in [0.15, 0.2) is 17.6 Å². The van der Waals surface area contributed by atoms with Crippen LogP contribution in [0.1, 0.15) is 51.5 Å². The number of carbonyl (C=O) groups is 3. The van der Waals surface area contributed by atoms with Gasteiger partial charge >= 0.3 is 0 Å². The number of hydroxylamine groups is 2. The van der Waals surface area contributed by atoms with E-state index < -0.39 is 23.8 Å². The first-order valence-electron chi connectivity index (χ1n) is 12.1. The van der Waals surface area contributed by atoms with Gasteiger partial charge in [0, 0.05) is 39.1 Å². The van der Waals surface area contributed by atoms with Gasteiger partial charge in [-0.05, 0) is 38.7 Å².